The summed E-state index contributed by atoms with van der Waals surface area (Å²) in [5.74, 6) is 1.38. The first-order chi connectivity index (χ1) is 16.7. The fraction of sp³-hybridized carbons (Fsp3) is 0.400. The summed E-state index contributed by atoms with van der Waals surface area (Å²) in [5.41, 5.74) is 2.75. The maximum Gasteiger partial charge on any atom is 0.232 e. The minimum atomic E-state index is 0.413. The average Bonchev–Trinajstić information content (AvgIpc) is 3.13. The average molecular weight is 492 g/mol. The van der Waals surface area contributed by atoms with E-state index in [1.165, 1.54) is 48.6 Å². The zero-order chi connectivity index (χ0) is 23.2. The molecule has 0 atom stereocenters. The summed E-state index contributed by atoms with van der Waals surface area (Å²) in [7, 11) is 0. The fourth-order valence-electron chi connectivity index (χ4n) is 4.55. The Morgan fingerprint density at radius 3 is 2.53 bits per heavy atom. The van der Waals surface area contributed by atoms with E-state index >= 15 is 0 Å². The molecule has 2 aliphatic rings. The second kappa shape index (κ2) is 11.1. The summed E-state index contributed by atoms with van der Waals surface area (Å²) in [6.07, 6.45) is 11.9. The van der Waals surface area contributed by atoms with Gasteiger partial charge < -0.3 is 15.5 Å². The molecule has 9 heteroatoms. The van der Waals surface area contributed by atoms with Gasteiger partial charge in [-0.1, -0.05) is 49.9 Å². The number of thiocarbonyl (C=S) groups is 1. The third kappa shape index (κ3) is 6.01. The number of hydrogen-bond donors (Lipinski definition) is 2. The summed E-state index contributed by atoms with van der Waals surface area (Å²) >= 11 is 7.07. The third-order valence-electron chi connectivity index (χ3n) is 6.30. The van der Waals surface area contributed by atoms with E-state index in [0.717, 1.165) is 43.2 Å². The van der Waals surface area contributed by atoms with Gasteiger partial charge in [0.05, 0.1) is 0 Å². The van der Waals surface area contributed by atoms with Crippen molar-refractivity contribution in [1.29, 1.82) is 0 Å². The molecule has 2 aromatic heterocycles. The molecule has 0 unspecified atom stereocenters. The van der Waals surface area contributed by atoms with Crippen molar-refractivity contribution in [2.24, 2.45) is 0 Å². The molecule has 2 N–H and O–H groups in total. The first-order valence-electron chi connectivity index (χ1n) is 12.0. The van der Waals surface area contributed by atoms with Gasteiger partial charge in [0.25, 0.3) is 0 Å². The predicted octanol–water partition coefficient (Wildman–Crippen LogP) is 4.99. The van der Waals surface area contributed by atoms with E-state index < -0.39 is 0 Å². The van der Waals surface area contributed by atoms with E-state index in [0.29, 0.717) is 22.3 Å². The quantitative estimate of drug-likeness (QED) is 0.222. The maximum absolute atomic E-state index is 5.64. The lowest BCUT2D eigenvalue weighted by atomic mass is 10.00. The Balaban J connectivity index is 1.36. The van der Waals surface area contributed by atoms with Crippen LogP contribution in [-0.4, -0.2) is 37.6 Å². The molecule has 1 aromatic carbocycles. The molecule has 3 aromatic rings. The van der Waals surface area contributed by atoms with Crippen molar-refractivity contribution in [3.63, 3.8) is 0 Å². The van der Waals surface area contributed by atoms with Crippen LogP contribution in [0.4, 0.5) is 11.8 Å². The lowest BCUT2D eigenvalue weighted by Crippen LogP contribution is -2.38. The minimum absolute atomic E-state index is 0.413. The van der Waals surface area contributed by atoms with E-state index in [-0.39, 0.29) is 0 Å². The Bertz CT molecular complexity index is 1120. The zero-order valence-electron chi connectivity index (χ0n) is 19.1. The monoisotopic (exact) mass is 491 g/mol. The van der Waals surface area contributed by atoms with E-state index in [1.54, 1.807) is 12.4 Å². The predicted molar refractivity (Wildman–Crippen MR) is 140 cm³/mol. The smallest absolute Gasteiger partial charge is 0.232 e. The third-order valence-corrected chi connectivity index (χ3v) is 7.33. The van der Waals surface area contributed by atoms with Crippen LogP contribution in [-0.2, 0) is 13.0 Å². The van der Waals surface area contributed by atoms with Crippen molar-refractivity contribution < 1.29 is 0 Å². The second-order valence-electron chi connectivity index (χ2n) is 8.75. The molecule has 0 bridgehead atoms. The number of anilines is 2. The van der Waals surface area contributed by atoms with Gasteiger partial charge in [0, 0.05) is 37.6 Å². The van der Waals surface area contributed by atoms with E-state index in [9.17, 15) is 0 Å². The minimum Gasteiger partial charge on any atom is -0.360 e. The van der Waals surface area contributed by atoms with Crippen molar-refractivity contribution in [2.75, 3.05) is 16.8 Å². The normalized spacial score (nSPS) is 16.4. The molecular weight excluding hydrogens is 462 g/mol. The number of nitrogens with one attached hydrogen (secondary N) is 2. The van der Waals surface area contributed by atoms with Crippen LogP contribution in [0.25, 0.3) is 0 Å². The number of fused-ring (bicyclic) bond motifs is 1. The Labute approximate surface area is 210 Å². The van der Waals surface area contributed by atoms with Crippen LogP contribution in [0, 0.1) is 0 Å². The first-order valence-corrected chi connectivity index (χ1v) is 13.2. The Hall–Kier alpha value is -2.78. The SMILES string of the molecule is S=C(Nc1nc(Sc2ncccn2)cc(N2CCc3ccccc3C2)n1)NC1CCCCCC1. The number of benzene rings is 1. The number of nitrogens with zero attached hydrogens (tertiary/aromatic N) is 5. The molecule has 1 aliphatic heterocycles. The van der Waals surface area contributed by atoms with Gasteiger partial charge in [-0.15, -0.1) is 0 Å². The van der Waals surface area contributed by atoms with Gasteiger partial charge in [0.15, 0.2) is 10.3 Å². The van der Waals surface area contributed by atoms with Crippen LogP contribution in [0.2, 0.25) is 0 Å². The number of hydrogen-bond acceptors (Lipinski definition) is 7. The highest BCUT2D eigenvalue weighted by Gasteiger charge is 2.20. The van der Waals surface area contributed by atoms with E-state index in [2.05, 4.69) is 49.8 Å². The van der Waals surface area contributed by atoms with Crippen molar-refractivity contribution >= 4 is 40.9 Å². The second-order valence-corrected chi connectivity index (χ2v) is 10.1. The number of rotatable bonds is 5. The lowest BCUT2D eigenvalue weighted by molar-refractivity contribution is 0.535. The topological polar surface area (TPSA) is 78.9 Å². The summed E-state index contributed by atoms with van der Waals surface area (Å²) in [4.78, 5) is 20.6. The molecule has 0 spiro atoms. The molecule has 0 saturated heterocycles. The van der Waals surface area contributed by atoms with Gasteiger partial charge >= 0.3 is 0 Å². The fourth-order valence-corrected chi connectivity index (χ4v) is 5.52. The standard InChI is InChI=1S/C25H29N7S2/c33-24(28-20-10-3-1-2-4-11-20)31-23-29-21(16-22(30-23)34-25-26-13-7-14-27-25)32-15-12-18-8-5-6-9-19(18)17-32/h5-9,13-14,16,20H,1-4,10-12,15,17H2,(H2,28,29,30,31,33). The van der Waals surface area contributed by atoms with Crippen LogP contribution < -0.4 is 15.5 Å². The van der Waals surface area contributed by atoms with Gasteiger partial charge in [-0.3, -0.25) is 0 Å². The molecule has 0 radical (unpaired) electrons. The molecule has 5 rings (SSSR count). The molecule has 1 aliphatic carbocycles. The van der Waals surface area contributed by atoms with Gasteiger partial charge in [-0.2, -0.15) is 4.98 Å². The van der Waals surface area contributed by atoms with Crippen LogP contribution in [0.1, 0.15) is 49.7 Å². The highest BCUT2D eigenvalue weighted by molar-refractivity contribution is 7.99. The van der Waals surface area contributed by atoms with Crippen molar-refractivity contribution in [3.8, 4) is 0 Å². The maximum atomic E-state index is 5.64. The van der Waals surface area contributed by atoms with Gasteiger partial charge in [-0.25, -0.2) is 15.0 Å². The Morgan fingerprint density at radius 1 is 0.971 bits per heavy atom. The molecule has 1 saturated carbocycles. The largest absolute Gasteiger partial charge is 0.360 e. The van der Waals surface area contributed by atoms with E-state index in [4.69, 9.17) is 22.2 Å². The first kappa shape index (κ1) is 23.0. The zero-order valence-corrected chi connectivity index (χ0v) is 20.7. The molecular formula is C25H29N7S2. The molecule has 176 valence electrons. The van der Waals surface area contributed by atoms with Crippen molar-refractivity contribution in [2.45, 2.75) is 67.7 Å². The molecule has 7 nitrogen and oxygen atoms in total. The van der Waals surface area contributed by atoms with Crippen molar-refractivity contribution in [1.82, 2.24) is 25.3 Å². The van der Waals surface area contributed by atoms with Gasteiger partial charge in [0.1, 0.15) is 10.8 Å². The van der Waals surface area contributed by atoms with Crippen LogP contribution >= 0.6 is 24.0 Å². The highest BCUT2D eigenvalue weighted by Crippen LogP contribution is 2.29. The Kier molecular flexibility index (Phi) is 7.50. The molecule has 3 heterocycles. The van der Waals surface area contributed by atoms with Crippen LogP contribution in [0.5, 0.6) is 0 Å². The summed E-state index contributed by atoms with van der Waals surface area (Å²) in [6.45, 7) is 1.73. The Morgan fingerprint density at radius 2 is 1.74 bits per heavy atom. The molecule has 34 heavy (non-hydrogen) atoms. The summed E-state index contributed by atoms with van der Waals surface area (Å²) < 4.78 is 0. The van der Waals surface area contributed by atoms with Gasteiger partial charge in [-0.05, 0) is 60.4 Å². The molecule has 1 fully saturated rings. The summed E-state index contributed by atoms with van der Waals surface area (Å²) in [5, 5.41) is 8.76. The van der Waals surface area contributed by atoms with Crippen LogP contribution in [0.3, 0.4) is 0 Å². The van der Waals surface area contributed by atoms with E-state index in [1.807, 2.05) is 12.1 Å². The van der Waals surface area contributed by atoms with Crippen LogP contribution in [0.15, 0.2) is 59.0 Å². The highest BCUT2D eigenvalue weighted by atomic mass is 32.2. The van der Waals surface area contributed by atoms with Gasteiger partial charge in [0.2, 0.25) is 5.95 Å². The number of aromatic nitrogens is 4. The summed E-state index contributed by atoms with van der Waals surface area (Å²) in [6, 6.07) is 12.9. The lowest BCUT2D eigenvalue weighted by Gasteiger charge is -2.30. The molecule has 0 amide bonds. The van der Waals surface area contributed by atoms with Crippen molar-refractivity contribution in [3.05, 3.63) is 59.9 Å².